The first-order valence-corrected chi connectivity index (χ1v) is 8.12. The summed E-state index contributed by atoms with van der Waals surface area (Å²) in [4.78, 5) is 13.6. The second-order valence-electron chi connectivity index (χ2n) is 6.19. The summed E-state index contributed by atoms with van der Waals surface area (Å²) in [5.74, 6) is -0.964. The fourth-order valence-electron chi connectivity index (χ4n) is 3.40. The van der Waals surface area contributed by atoms with Crippen molar-refractivity contribution in [1.82, 2.24) is 0 Å². The normalized spacial score (nSPS) is 20.2. The number of methoxy groups -OCH3 is 1. The SMILES string of the molecule is COc1ccc(N2CC[C@H](C(=O)O)[C@@H]2c2ccc(C(F)(F)F)cc2)cc1. The molecule has 1 saturated heterocycles. The summed E-state index contributed by atoms with van der Waals surface area (Å²) in [7, 11) is 1.55. The minimum atomic E-state index is -4.42. The topological polar surface area (TPSA) is 49.8 Å². The fraction of sp³-hybridized carbons (Fsp3) is 0.316. The monoisotopic (exact) mass is 365 g/mol. The van der Waals surface area contributed by atoms with E-state index in [0.29, 0.717) is 24.3 Å². The first kappa shape index (κ1) is 18.1. The third kappa shape index (κ3) is 3.47. The number of hydrogen-bond acceptors (Lipinski definition) is 3. The first-order chi connectivity index (χ1) is 12.3. The number of anilines is 1. The molecule has 0 radical (unpaired) electrons. The van der Waals surface area contributed by atoms with Crippen LogP contribution in [-0.4, -0.2) is 24.7 Å². The molecule has 138 valence electrons. The zero-order valence-corrected chi connectivity index (χ0v) is 14.0. The van der Waals surface area contributed by atoms with Gasteiger partial charge in [-0.2, -0.15) is 13.2 Å². The Labute approximate surface area is 148 Å². The third-order valence-electron chi connectivity index (χ3n) is 4.70. The highest BCUT2D eigenvalue weighted by Gasteiger charge is 2.40. The average Bonchev–Trinajstić information content (AvgIpc) is 3.06. The molecule has 1 aliphatic heterocycles. The molecule has 0 spiro atoms. The Kier molecular flexibility index (Phi) is 4.80. The second kappa shape index (κ2) is 6.90. The molecule has 1 heterocycles. The highest BCUT2D eigenvalue weighted by Crippen LogP contribution is 2.41. The van der Waals surface area contributed by atoms with Crippen LogP contribution in [0.2, 0.25) is 0 Å². The van der Waals surface area contributed by atoms with E-state index < -0.39 is 29.7 Å². The van der Waals surface area contributed by atoms with Crippen LogP contribution in [-0.2, 0) is 11.0 Å². The number of carbonyl (C=O) groups is 1. The number of benzene rings is 2. The number of ether oxygens (including phenoxy) is 1. The number of hydrogen-bond donors (Lipinski definition) is 1. The maximum Gasteiger partial charge on any atom is 0.416 e. The Bertz CT molecular complexity index is 772. The van der Waals surface area contributed by atoms with Gasteiger partial charge >= 0.3 is 12.1 Å². The van der Waals surface area contributed by atoms with Crippen molar-refractivity contribution < 1.29 is 27.8 Å². The minimum Gasteiger partial charge on any atom is -0.497 e. The van der Waals surface area contributed by atoms with Gasteiger partial charge in [-0.15, -0.1) is 0 Å². The molecule has 2 atom stereocenters. The number of alkyl halides is 3. The molecule has 0 saturated carbocycles. The third-order valence-corrected chi connectivity index (χ3v) is 4.70. The van der Waals surface area contributed by atoms with Crippen molar-refractivity contribution in [3.05, 3.63) is 59.7 Å². The van der Waals surface area contributed by atoms with Gasteiger partial charge in [0.25, 0.3) is 0 Å². The number of carboxylic acid groups (broad SMARTS) is 1. The lowest BCUT2D eigenvalue weighted by atomic mass is 9.93. The molecular formula is C19H18F3NO3. The second-order valence-corrected chi connectivity index (χ2v) is 6.19. The van der Waals surface area contributed by atoms with Crippen LogP contribution in [0, 0.1) is 5.92 Å². The van der Waals surface area contributed by atoms with Crippen LogP contribution in [0.25, 0.3) is 0 Å². The molecule has 0 unspecified atom stereocenters. The summed E-state index contributed by atoms with van der Waals surface area (Å²) in [6, 6.07) is 11.4. The van der Waals surface area contributed by atoms with Crippen molar-refractivity contribution >= 4 is 11.7 Å². The lowest BCUT2D eigenvalue weighted by Gasteiger charge is -2.29. The van der Waals surface area contributed by atoms with Gasteiger partial charge in [0.1, 0.15) is 5.75 Å². The number of rotatable bonds is 4. The van der Waals surface area contributed by atoms with Gasteiger partial charge in [0.15, 0.2) is 0 Å². The Morgan fingerprint density at radius 3 is 2.23 bits per heavy atom. The Morgan fingerprint density at radius 2 is 1.73 bits per heavy atom. The molecule has 4 nitrogen and oxygen atoms in total. The molecule has 1 aliphatic rings. The molecule has 26 heavy (non-hydrogen) atoms. The minimum absolute atomic E-state index is 0.424. The molecule has 7 heteroatoms. The fourth-order valence-corrected chi connectivity index (χ4v) is 3.40. The van der Waals surface area contributed by atoms with E-state index in [2.05, 4.69) is 0 Å². The van der Waals surface area contributed by atoms with Crippen molar-refractivity contribution in [3.8, 4) is 5.75 Å². The van der Waals surface area contributed by atoms with E-state index in [-0.39, 0.29) is 0 Å². The van der Waals surface area contributed by atoms with Crippen molar-refractivity contribution in [2.75, 3.05) is 18.6 Å². The highest BCUT2D eigenvalue weighted by molar-refractivity contribution is 5.74. The summed E-state index contributed by atoms with van der Waals surface area (Å²) in [5, 5.41) is 9.55. The van der Waals surface area contributed by atoms with Gasteiger partial charge in [-0.25, -0.2) is 0 Å². The maximum atomic E-state index is 12.8. The number of aliphatic carboxylic acids is 1. The van der Waals surface area contributed by atoms with Gasteiger partial charge in [0.2, 0.25) is 0 Å². The smallest absolute Gasteiger partial charge is 0.416 e. The zero-order chi connectivity index (χ0) is 18.9. The van der Waals surface area contributed by atoms with Crippen LogP contribution >= 0.6 is 0 Å². The number of halogens is 3. The van der Waals surface area contributed by atoms with Gasteiger partial charge in [-0.05, 0) is 48.4 Å². The van der Waals surface area contributed by atoms with E-state index in [0.717, 1.165) is 17.8 Å². The lowest BCUT2D eigenvalue weighted by molar-refractivity contribution is -0.142. The molecule has 2 aromatic carbocycles. The lowest BCUT2D eigenvalue weighted by Crippen LogP contribution is -2.28. The Hall–Kier alpha value is -2.70. The summed E-state index contributed by atoms with van der Waals surface area (Å²) >= 11 is 0. The molecule has 1 fully saturated rings. The highest BCUT2D eigenvalue weighted by atomic mass is 19.4. The van der Waals surface area contributed by atoms with E-state index >= 15 is 0 Å². The van der Waals surface area contributed by atoms with Crippen LogP contribution in [0.3, 0.4) is 0 Å². The van der Waals surface area contributed by atoms with Gasteiger partial charge in [-0.3, -0.25) is 4.79 Å². The summed E-state index contributed by atoms with van der Waals surface area (Å²) in [6.07, 6.45) is -4.00. The van der Waals surface area contributed by atoms with Gasteiger partial charge in [-0.1, -0.05) is 12.1 Å². The summed E-state index contributed by atoms with van der Waals surface area (Å²) in [5.41, 5.74) is 0.611. The van der Waals surface area contributed by atoms with E-state index in [1.54, 1.807) is 19.2 Å². The Morgan fingerprint density at radius 1 is 1.12 bits per heavy atom. The van der Waals surface area contributed by atoms with Crippen LogP contribution < -0.4 is 9.64 Å². The van der Waals surface area contributed by atoms with Crippen LogP contribution in [0.1, 0.15) is 23.6 Å². The van der Waals surface area contributed by atoms with Crippen LogP contribution in [0.4, 0.5) is 18.9 Å². The van der Waals surface area contributed by atoms with Crippen molar-refractivity contribution in [1.29, 1.82) is 0 Å². The van der Waals surface area contributed by atoms with Crippen molar-refractivity contribution in [3.63, 3.8) is 0 Å². The predicted octanol–water partition coefficient (Wildman–Crippen LogP) is 4.37. The maximum absolute atomic E-state index is 12.8. The summed E-state index contributed by atoms with van der Waals surface area (Å²) < 4.78 is 43.5. The average molecular weight is 365 g/mol. The van der Waals surface area contributed by atoms with E-state index in [1.165, 1.54) is 12.1 Å². The molecule has 0 aromatic heterocycles. The Balaban J connectivity index is 1.96. The molecule has 3 rings (SSSR count). The molecule has 0 amide bonds. The summed E-state index contributed by atoms with van der Waals surface area (Å²) in [6.45, 7) is 0.509. The number of nitrogens with zero attached hydrogens (tertiary/aromatic N) is 1. The van der Waals surface area contributed by atoms with Gasteiger partial charge < -0.3 is 14.7 Å². The van der Waals surface area contributed by atoms with Crippen molar-refractivity contribution in [2.45, 2.75) is 18.6 Å². The number of carboxylic acids is 1. The van der Waals surface area contributed by atoms with Crippen molar-refractivity contribution in [2.24, 2.45) is 5.92 Å². The molecule has 0 aliphatic carbocycles. The predicted molar refractivity (Wildman–Crippen MR) is 90.3 cm³/mol. The van der Waals surface area contributed by atoms with Crippen LogP contribution in [0.5, 0.6) is 5.75 Å². The van der Waals surface area contributed by atoms with Gasteiger partial charge in [0.05, 0.1) is 24.6 Å². The van der Waals surface area contributed by atoms with Gasteiger partial charge in [0, 0.05) is 12.2 Å². The molecule has 1 N–H and O–H groups in total. The first-order valence-electron chi connectivity index (χ1n) is 8.12. The molecule has 2 aromatic rings. The quantitative estimate of drug-likeness (QED) is 0.874. The van der Waals surface area contributed by atoms with E-state index in [4.69, 9.17) is 4.74 Å². The zero-order valence-electron chi connectivity index (χ0n) is 14.0. The van der Waals surface area contributed by atoms with Crippen LogP contribution in [0.15, 0.2) is 48.5 Å². The molecule has 0 bridgehead atoms. The van der Waals surface area contributed by atoms with E-state index in [1.807, 2.05) is 17.0 Å². The standard InChI is InChI=1S/C19H18F3NO3/c1-26-15-8-6-14(7-9-15)23-11-10-16(18(24)25)17(23)12-2-4-13(5-3-12)19(20,21)22/h2-9,16-17H,10-11H2,1H3,(H,24,25)/t16-,17-/m0/s1. The van der Waals surface area contributed by atoms with E-state index in [9.17, 15) is 23.1 Å². The largest absolute Gasteiger partial charge is 0.497 e. The molecular weight excluding hydrogens is 347 g/mol.